The fourth-order valence-corrected chi connectivity index (χ4v) is 3.45. The van der Waals surface area contributed by atoms with Gasteiger partial charge in [-0.25, -0.2) is 0 Å². The molecule has 2 rings (SSSR count). The van der Waals surface area contributed by atoms with Crippen molar-refractivity contribution in [3.8, 4) is 0 Å². The zero-order chi connectivity index (χ0) is 14.0. The average molecular weight is 319 g/mol. The number of nitrogens with zero attached hydrogens (tertiary/aromatic N) is 2. The van der Waals surface area contributed by atoms with Crippen molar-refractivity contribution in [2.75, 3.05) is 39.5 Å². The Bertz CT molecular complexity index is 488. The van der Waals surface area contributed by atoms with Crippen LogP contribution in [0.25, 0.3) is 0 Å². The molecule has 0 aromatic heterocycles. The van der Waals surface area contributed by atoms with E-state index >= 15 is 0 Å². The van der Waals surface area contributed by atoms with Crippen LogP contribution in [0.2, 0.25) is 10.0 Å². The molecule has 19 heavy (non-hydrogen) atoms. The van der Waals surface area contributed by atoms with Crippen LogP contribution in [-0.2, 0) is 0 Å². The maximum atomic E-state index is 12.6. The molecule has 3 nitrogen and oxygen atoms in total. The van der Waals surface area contributed by atoms with E-state index in [1.807, 2.05) is 11.2 Å². The summed E-state index contributed by atoms with van der Waals surface area (Å²) in [7, 11) is 2.06. The molecule has 1 amide bonds. The second-order valence-electron chi connectivity index (χ2n) is 4.56. The minimum absolute atomic E-state index is 0.0156. The molecule has 6 heteroatoms. The highest BCUT2D eigenvalue weighted by atomic mass is 35.5. The SMILES string of the molecule is CSc1c(Cl)cc(Cl)cc1C(=O)N1CCN(C)CC1. The van der Waals surface area contributed by atoms with E-state index < -0.39 is 0 Å². The molecule has 1 aromatic rings. The number of rotatable bonds is 2. The Hall–Kier alpha value is -0.420. The van der Waals surface area contributed by atoms with Crippen LogP contribution in [0.5, 0.6) is 0 Å². The van der Waals surface area contributed by atoms with Crippen molar-refractivity contribution in [1.29, 1.82) is 0 Å². The average Bonchev–Trinajstić information content (AvgIpc) is 2.38. The first kappa shape index (κ1) is 15.0. The summed E-state index contributed by atoms with van der Waals surface area (Å²) in [6.45, 7) is 3.28. The Labute approximate surface area is 127 Å². The maximum Gasteiger partial charge on any atom is 0.255 e. The largest absolute Gasteiger partial charge is 0.336 e. The van der Waals surface area contributed by atoms with Gasteiger partial charge >= 0.3 is 0 Å². The number of thioether (sulfide) groups is 1. The molecule has 0 spiro atoms. The minimum Gasteiger partial charge on any atom is -0.336 e. The van der Waals surface area contributed by atoms with Gasteiger partial charge in [0.2, 0.25) is 0 Å². The van der Waals surface area contributed by atoms with Gasteiger partial charge in [0.1, 0.15) is 0 Å². The highest BCUT2D eigenvalue weighted by Crippen LogP contribution is 2.33. The number of carbonyl (C=O) groups is 1. The van der Waals surface area contributed by atoms with Crippen LogP contribution >= 0.6 is 35.0 Å². The van der Waals surface area contributed by atoms with Gasteiger partial charge in [-0.05, 0) is 25.4 Å². The molecule has 0 saturated carbocycles. The third-order valence-corrected chi connectivity index (χ3v) is 4.71. The standard InChI is InChI=1S/C13H16Cl2N2OS/c1-16-3-5-17(6-4-16)13(18)10-7-9(14)8-11(15)12(10)19-2/h7-8H,3-6H2,1-2H3. The molecule has 1 saturated heterocycles. The Morgan fingerprint density at radius 3 is 2.42 bits per heavy atom. The summed E-state index contributed by atoms with van der Waals surface area (Å²) in [4.78, 5) is 17.4. The van der Waals surface area contributed by atoms with Gasteiger partial charge in [0.05, 0.1) is 10.6 Å². The van der Waals surface area contributed by atoms with E-state index in [0.717, 1.165) is 31.1 Å². The third kappa shape index (κ3) is 3.37. The summed E-state index contributed by atoms with van der Waals surface area (Å²) < 4.78 is 0. The van der Waals surface area contributed by atoms with Crippen LogP contribution in [0.15, 0.2) is 17.0 Å². The highest BCUT2D eigenvalue weighted by molar-refractivity contribution is 7.98. The second kappa shape index (κ2) is 6.35. The Morgan fingerprint density at radius 2 is 1.84 bits per heavy atom. The molecule has 1 heterocycles. The van der Waals surface area contributed by atoms with Gasteiger partial charge in [0.15, 0.2) is 0 Å². The van der Waals surface area contributed by atoms with E-state index in [-0.39, 0.29) is 5.91 Å². The molecule has 1 aromatic carbocycles. The Kier molecular flexibility index (Phi) is 5.01. The lowest BCUT2D eigenvalue weighted by molar-refractivity contribution is 0.0660. The van der Waals surface area contributed by atoms with E-state index in [1.165, 1.54) is 11.8 Å². The minimum atomic E-state index is 0.0156. The van der Waals surface area contributed by atoms with Gasteiger partial charge in [-0.3, -0.25) is 4.79 Å². The molecule has 0 atom stereocenters. The van der Waals surface area contributed by atoms with Crippen molar-refractivity contribution < 1.29 is 4.79 Å². The highest BCUT2D eigenvalue weighted by Gasteiger charge is 2.23. The van der Waals surface area contributed by atoms with Crippen LogP contribution in [0, 0.1) is 0 Å². The summed E-state index contributed by atoms with van der Waals surface area (Å²) in [6.07, 6.45) is 1.91. The topological polar surface area (TPSA) is 23.6 Å². The molecule has 1 aliphatic rings. The normalized spacial score (nSPS) is 16.7. The fourth-order valence-electron chi connectivity index (χ4n) is 2.11. The van der Waals surface area contributed by atoms with Crippen LogP contribution in [0.1, 0.15) is 10.4 Å². The first-order chi connectivity index (χ1) is 9.02. The number of likely N-dealkylation sites (N-methyl/N-ethyl adjacent to an activating group) is 1. The summed E-state index contributed by atoms with van der Waals surface area (Å²) in [5.41, 5.74) is 0.606. The van der Waals surface area contributed by atoms with Crippen molar-refractivity contribution in [1.82, 2.24) is 9.80 Å². The van der Waals surface area contributed by atoms with E-state index in [9.17, 15) is 4.79 Å². The lowest BCUT2D eigenvalue weighted by Gasteiger charge is -2.32. The second-order valence-corrected chi connectivity index (χ2v) is 6.22. The first-order valence-electron chi connectivity index (χ1n) is 6.03. The van der Waals surface area contributed by atoms with Gasteiger partial charge < -0.3 is 9.80 Å². The molecule has 1 aliphatic heterocycles. The molecule has 104 valence electrons. The van der Waals surface area contributed by atoms with Gasteiger partial charge in [0, 0.05) is 36.1 Å². The maximum absolute atomic E-state index is 12.6. The number of hydrogen-bond donors (Lipinski definition) is 0. The van der Waals surface area contributed by atoms with Crippen molar-refractivity contribution in [2.45, 2.75) is 4.90 Å². The van der Waals surface area contributed by atoms with Crippen molar-refractivity contribution in [3.63, 3.8) is 0 Å². The first-order valence-corrected chi connectivity index (χ1v) is 8.02. The predicted octanol–water partition coefficient (Wildman–Crippen LogP) is 3.10. The van der Waals surface area contributed by atoms with Gasteiger partial charge in [-0.15, -0.1) is 11.8 Å². The molecule has 0 aliphatic carbocycles. The quantitative estimate of drug-likeness (QED) is 0.783. The fraction of sp³-hybridized carbons (Fsp3) is 0.462. The molecule has 1 fully saturated rings. The van der Waals surface area contributed by atoms with E-state index in [4.69, 9.17) is 23.2 Å². The molecular weight excluding hydrogens is 303 g/mol. The summed E-state index contributed by atoms with van der Waals surface area (Å²) >= 11 is 13.6. The third-order valence-electron chi connectivity index (χ3n) is 3.23. The molecule has 0 N–H and O–H groups in total. The zero-order valence-corrected chi connectivity index (χ0v) is 13.3. The number of carbonyl (C=O) groups excluding carboxylic acids is 1. The van der Waals surface area contributed by atoms with Gasteiger partial charge in [0.25, 0.3) is 5.91 Å². The number of piperazine rings is 1. The number of benzene rings is 1. The van der Waals surface area contributed by atoms with E-state index in [2.05, 4.69) is 11.9 Å². The zero-order valence-electron chi connectivity index (χ0n) is 10.9. The summed E-state index contributed by atoms with van der Waals surface area (Å²) in [5.74, 6) is 0.0156. The van der Waals surface area contributed by atoms with Crippen molar-refractivity contribution in [3.05, 3.63) is 27.7 Å². The monoisotopic (exact) mass is 318 g/mol. The lowest BCUT2D eigenvalue weighted by Crippen LogP contribution is -2.47. The predicted molar refractivity (Wildman–Crippen MR) is 81.6 cm³/mol. The smallest absolute Gasteiger partial charge is 0.255 e. The van der Waals surface area contributed by atoms with E-state index in [1.54, 1.807) is 12.1 Å². The van der Waals surface area contributed by atoms with Crippen molar-refractivity contribution in [2.24, 2.45) is 0 Å². The van der Waals surface area contributed by atoms with E-state index in [0.29, 0.717) is 15.6 Å². The van der Waals surface area contributed by atoms with Crippen LogP contribution in [-0.4, -0.2) is 55.2 Å². The summed E-state index contributed by atoms with van der Waals surface area (Å²) in [6, 6.07) is 3.38. The number of halogens is 2. The number of hydrogen-bond acceptors (Lipinski definition) is 3. The molecule has 0 radical (unpaired) electrons. The Balaban J connectivity index is 2.28. The summed E-state index contributed by atoms with van der Waals surface area (Å²) in [5, 5.41) is 1.04. The van der Waals surface area contributed by atoms with Gasteiger partial charge in [-0.1, -0.05) is 23.2 Å². The van der Waals surface area contributed by atoms with Crippen LogP contribution in [0.4, 0.5) is 0 Å². The van der Waals surface area contributed by atoms with Gasteiger partial charge in [-0.2, -0.15) is 0 Å². The van der Waals surface area contributed by atoms with Crippen LogP contribution < -0.4 is 0 Å². The lowest BCUT2D eigenvalue weighted by atomic mass is 10.1. The molecule has 0 bridgehead atoms. The van der Waals surface area contributed by atoms with Crippen molar-refractivity contribution >= 4 is 40.9 Å². The Morgan fingerprint density at radius 1 is 1.21 bits per heavy atom. The van der Waals surface area contributed by atoms with Crippen LogP contribution in [0.3, 0.4) is 0 Å². The number of amides is 1. The molecular formula is C13H16Cl2N2OS. The molecule has 0 unspecified atom stereocenters.